The molecule has 1 unspecified atom stereocenters. The lowest BCUT2D eigenvalue weighted by atomic mass is 10.0. The molecule has 0 aromatic heterocycles. The maximum atomic E-state index is 13.5. The third-order valence-corrected chi connectivity index (χ3v) is 5.53. The molecule has 4 nitrogen and oxygen atoms in total. The van der Waals surface area contributed by atoms with Gasteiger partial charge in [-0.15, -0.1) is 0 Å². The van der Waals surface area contributed by atoms with E-state index in [9.17, 15) is 17.2 Å². The number of halogens is 2. The summed E-state index contributed by atoms with van der Waals surface area (Å²) in [5.74, 6) is -1.87. The van der Waals surface area contributed by atoms with E-state index in [4.69, 9.17) is 0 Å². The fourth-order valence-corrected chi connectivity index (χ4v) is 3.88. The number of rotatable bonds is 6. The molecule has 1 aromatic rings. The second-order valence-electron chi connectivity index (χ2n) is 5.71. The molecule has 2 rings (SSSR count). The Morgan fingerprint density at radius 3 is 2.77 bits per heavy atom. The molecule has 0 amide bonds. The van der Waals surface area contributed by atoms with Crippen LogP contribution in [-0.2, 0) is 10.0 Å². The van der Waals surface area contributed by atoms with Gasteiger partial charge in [-0.2, -0.15) is 0 Å². The number of piperidine rings is 1. The predicted molar refractivity (Wildman–Crippen MR) is 81.0 cm³/mol. The third kappa shape index (κ3) is 4.47. The Kier molecular flexibility index (Phi) is 5.88. The van der Waals surface area contributed by atoms with Crippen molar-refractivity contribution in [1.82, 2.24) is 9.62 Å². The van der Waals surface area contributed by atoms with E-state index >= 15 is 0 Å². The molecule has 0 bridgehead atoms. The van der Waals surface area contributed by atoms with Gasteiger partial charge in [0.1, 0.15) is 16.5 Å². The molecular formula is C15H22F2N2O2S. The highest BCUT2D eigenvalue weighted by Gasteiger charge is 2.20. The molecular weight excluding hydrogens is 310 g/mol. The van der Waals surface area contributed by atoms with Crippen molar-refractivity contribution in [2.75, 3.05) is 19.6 Å². The molecule has 0 saturated carbocycles. The van der Waals surface area contributed by atoms with Crippen LogP contribution in [0.4, 0.5) is 8.78 Å². The molecule has 124 valence electrons. The zero-order chi connectivity index (χ0) is 16.2. The van der Waals surface area contributed by atoms with Crippen LogP contribution in [0.2, 0.25) is 0 Å². The largest absolute Gasteiger partial charge is 0.301 e. The Morgan fingerprint density at radius 1 is 1.32 bits per heavy atom. The van der Waals surface area contributed by atoms with Gasteiger partial charge in [0.15, 0.2) is 0 Å². The summed E-state index contributed by atoms with van der Waals surface area (Å²) in [6.45, 7) is 4.27. The first-order valence-corrected chi connectivity index (χ1v) is 9.07. The normalized spacial score (nSPS) is 20.2. The molecule has 0 aliphatic carbocycles. The Hall–Kier alpha value is -1.05. The number of benzene rings is 1. The summed E-state index contributed by atoms with van der Waals surface area (Å²) in [7, 11) is -3.93. The molecule has 1 aliphatic rings. The quantitative estimate of drug-likeness (QED) is 0.815. The highest BCUT2D eigenvalue weighted by molar-refractivity contribution is 7.89. The molecule has 1 N–H and O–H groups in total. The smallest absolute Gasteiger partial charge is 0.243 e. The average molecular weight is 332 g/mol. The Morgan fingerprint density at radius 2 is 2.09 bits per heavy atom. The maximum Gasteiger partial charge on any atom is 0.243 e. The van der Waals surface area contributed by atoms with Gasteiger partial charge in [-0.1, -0.05) is 6.42 Å². The molecule has 1 aromatic carbocycles. The molecule has 7 heteroatoms. The second-order valence-corrected chi connectivity index (χ2v) is 7.44. The van der Waals surface area contributed by atoms with Crippen LogP contribution < -0.4 is 4.72 Å². The highest BCUT2D eigenvalue weighted by atomic mass is 32.2. The molecule has 0 radical (unpaired) electrons. The van der Waals surface area contributed by atoms with E-state index < -0.39 is 26.6 Å². The number of nitrogens with zero attached hydrogens (tertiary/aromatic N) is 1. The van der Waals surface area contributed by atoms with E-state index in [0.29, 0.717) is 18.5 Å². The van der Waals surface area contributed by atoms with Gasteiger partial charge >= 0.3 is 0 Å². The van der Waals surface area contributed by atoms with Gasteiger partial charge in [0.25, 0.3) is 0 Å². The predicted octanol–water partition coefficient (Wildman–Crippen LogP) is 2.51. The van der Waals surface area contributed by atoms with Gasteiger partial charge in [-0.25, -0.2) is 21.9 Å². The van der Waals surface area contributed by atoms with Crippen LogP contribution in [0.15, 0.2) is 23.1 Å². The lowest BCUT2D eigenvalue weighted by molar-refractivity contribution is 0.159. The molecule has 22 heavy (non-hydrogen) atoms. The van der Waals surface area contributed by atoms with Crippen LogP contribution in [0.1, 0.15) is 32.6 Å². The van der Waals surface area contributed by atoms with E-state index in [1.54, 1.807) is 0 Å². The minimum atomic E-state index is -3.93. The van der Waals surface area contributed by atoms with Crippen molar-refractivity contribution in [1.29, 1.82) is 0 Å². The third-order valence-electron chi connectivity index (χ3n) is 4.04. The van der Waals surface area contributed by atoms with E-state index in [1.807, 2.05) is 0 Å². The number of hydrogen-bond acceptors (Lipinski definition) is 3. The Bertz CT molecular complexity index is 608. The standard InChI is InChI=1S/C15H22F2N2O2S/c1-12-5-2-3-9-19(12)10-4-8-18-22(20,21)15-7-6-13(16)11-14(15)17/h6-7,11-12,18H,2-5,8-10H2,1H3. The average Bonchev–Trinajstić information content (AvgIpc) is 2.45. The monoisotopic (exact) mass is 332 g/mol. The van der Waals surface area contributed by atoms with Gasteiger partial charge in [0.2, 0.25) is 10.0 Å². The SMILES string of the molecule is CC1CCCCN1CCCNS(=O)(=O)c1ccc(F)cc1F. The van der Waals surface area contributed by atoms with Crippen LogP contribution >= 0.6 is 0 Å². The van der Waals surface area contributed by atoms with E-state index in [-0.39, 0.29) is 6.54 Å². The zero-order valence-electron chi connectivity index (χ0n) is 12.7. The Balaban J connectivity index is 1.85. The van der Waals surface area contributed by atoms with Gasteiger partial charge in [0, 0.05) is 18.7 Å². The Labute approximate surface area is 130 Å². The van der Waals surface area contributed by atoms with Gasteiger partial charge in [-0.05, 0) is 51.4 Å². The first kappa shape index (κ1) is 17.3. The van der Waals surface area contributed by atoms with Gasteiger partial charge in [0.05, 0.1) is 0 Å². The fraction of sp³-hybridized carbons (Fsp3) is 0.600. The lowest BCUT2D eigenvalue weighted by Gasteiger charge is -2.33. The highest BCUT2D eigenvalue weighted by Crippen LogP contribution is 2.17. The van der Waals surface area contributed by atoms with Crippen LogP contribution in [0.25, 0.3) is 0 Å². The van der Waals surface area contributed by atoms with E-state index in [0.717, 1.165) is 25.2 Å². The van der Waals surface area contributed by atoms with Crippen LogP contribution in [0, 0.1) is 11.6 Å². The molecule has 0 spiro atoms. The molecule has 1 aliphatic heterocycles. The number of sulfonamides is 1. The van der Waals surface area contributed by atoms with Crippen molar-refractivity contribution in [2.45, 2.75) is 43.5 Å². The van der Waals surface area contributed by atoms with Crippen molar-refractivity contribution in [3.05, 3.63) is 29.8 Å². The zero-order valence-corrected chi connectivity index (χ0v) is 13.5. The summed E-state index contributed by atoms with van der Waals surface area (Å²) in [4.78, 5) is 1.83. The maximum absolute atomic E-state index is 13.5. The van der Waals surface area contributed by atoms with E-state index in [2.05, 4.69) is 16.5 Å². The van der Waals surface area contributed by atoms with Crippen LogP contribution in [0.3, 0.4) is 0 Å². The summed E-state index contributed by atoms with van der Waals surface area (Å²) in [5.41, 5.74) is 0. The summed E-state index contributed by atoms with van der Waals surface area (Å²) < 4.78 is 52.7. The van der Waals surface area contributed by atoms with Crippen molar-refractivity contribution in [2.24, 2.45) is 0 Å². The van der Waals surface area contributed by atoms with Crippen LogP contribution in [0.5, 0.6) is 0 Å². The lowest BCUT2D eigenvalue weighted by Crippen LogP contribution is -2.39. The van der Waals surface area contributed by atoms with E-state index in [1.165, 1.54) is 19.3 Å². The molecule has 1 fully saturated rings. The summed E-state index contributed by atoms with van der Waals surface area (Å²) in [5, 5.41) is 0. The first-order valence-electron chi connectivity index (χ1n) is 7.59. The molecule has 1 saturated heterocycles. The summed E-state index contributed by atoms with van der Waals surface area (Å²) in [6, 6.07) is 2.98. The van der Waals surface area contributed by atoms with Crippen molar-refractivity contribution in [3.8, 4) is 0 Å². The first-order chi connectivity index (χ1) is 10.4. The van der Waals surface area contributed by atoms with Crippen LogP contribution in [-0.4, -0.2) is 39.0 Å². The molecule has 1 heterocycles. The van der Waals surface area contributed by atoms with Gasteiger partial charge in [-0.3, -0.25) is 0 Å². The molecule has 1 atom stereocenters. The number of hydrogen-bond donors (Lipinski definition) is 1. The minimum Gasteiger partial charge on any atom is -0.301 e. The van der Waals surface area contributed by atoms with Crippen molar-refractivity contribution in [3.63, 3.8) is 0 Å². The minimum absolute atomic E-state index is 0.238. The number of likely N-dealkylation sites (tertiary alicyclic amines) is 1. The van der Waals surface area contributed by atoms with Crippen molar-refractivity contribution >= 4 is 10.0 Å². The topological polar surface area (TPSA) is 49.4 Å². The summed E-state index contributed by atoms with van der Waals surface area (Å²) in [6.07, 6.45) is 4.25. The summed E-state index contributed by atoms with van der Waals surface area (Å²) >= 11 is 0. The van der Waals surface area contributed by atoms with Gasteiger partial charge < -0.3 is 4.90 Å². The number of nitrogens with one attached hydrogen (secondary N) is 1. The second kappa shape index (κ2) is 7.48. The van der Waals surface area contributed by atoms with Crippen molar-refractivity contribution < 1.29 is 17.2 Å². The fourth-order valence-electron chi connectivity index (χ4n) is 2.75.